The van der Waals surface area contributed by atoms with Gasteiger partial charge in [0.15, 0.2) is 0 Å². The summed E-state index contributed by atoms with van der Waals surface area (Å²) in [6.07, 6.45) is 5.01. The van der Waals surface area contributed by atoms with Gasteiger partial charge in [0.05, 0.1) is 13.7 Å². The van der Waals surface area contributed by atoms with Crippen LogP contribution in [-0.2, 0) is 26.5 Å². The minimum Gasteiger partial charge on any atom is -0.500 e. The Morgan fingerprint density at radius 3 is 2.16 bits per heavy atom. The van der Waals surface area contributed by atoms with Gasteiger partial charge in [-0.15, -0.1) is 54.1 Å². The number of hydrogen-bond donors (Lipinski definition) is 0. The van der Waals surface area contributed by atoms with Crippen molar-refractivity contribution in [2.45, 2.75) is 59.7 Å². The van der Waals surface area contributed by atoms with E-state index in [2.05, 4.69) is 148 Å². The number of nitrogens with zero attached hydrogens (tertiary/aromatic N) is 2. The molecular formula is C44H44IrN2OSi-2. The van der Waals surface area contributed by atoms with Gasteiger partial charge in [-0.2, -0.15) is 0 Å². The molecule has 7 rings (SSSR count). The first kappa shape index (κ1) is 36.1. The molecule has 0 fully saturated rings. The maximum absolute atomic E-state index is 6.47. The van der Waals surface area contributed by atoms with Gasteiger partial charge in [0.2, 0.25) is 0 Å². The van der Waals surface area contributed by atoms with Gasteiger partial charge in [-0.25, -0.2) is 0 Å². The number of para-hydroxylation sites is 1. The summed E-state index contributed by atoms with van der Waals surface area (Å²) >= 11 is 0. The van der Waals surface area contributed by atoms with Crippen LogP contribution in [-0.4, -0.2) is 18.0 Å². The molecule has 49 heavy (non-hydrogen) atoms. The number of pyridine rings is 2. The molecule has 3 heterocycles. The molecule has 0 aliphatic rings. The van der Waals surface area contributed by atoms with Gasteiger partial charge in [-0.05, 0) is 46.5 Å². The molecule has 0 saturated carbocycles. The first-order chi connectivity index (χ1) is 23.1. The van der Waals surface area contributed by atoms with Crippen molar-refractivity contribution in [3.8, 4) is 33.6 Å². The third kappa shape index (κ3) is 8.19. The molecule has 7 aromatic rings. The van der Waals surface area contributed by atoms with Gasteiger partial charge < -0.3 is 14.4 Å². The Kier molecular flexibility index (Phi) is 11.5. The van der Waals surface area contributed by atoms with E-state index in [0.717, 1.165) is 62.0 Å². The number of furan rings is 1. The topological polar surface area (TPSA) is 38.9 Å². The largest absolute Gasteiger partial charge is 0.500 e. The zero-order chi connectivity index (χ0) is 33.8. The maximum atomic E-state index is 6.47. The van der Waals surface area contributed by atoms with Crippen molar-refractivity contribution in [3.63, 3.8) is 0 Å². The maximum Gasteiger partial charge on any atom is 0.128 e. The van der Waals surface area contributed by atoms with Gasteiger partial charge in [0.25, 0.3) is 0 Å². The van der Waals surface area contributed by atoms with E-state index in [4.69, 9.17) is 4.42 Å². The van der Waals surface area contributed by atoms with Gasteiger partial charge in [-0.1, -0.05) is 130 Å². The fourth-order valence-corrected chi connectivity index (χ4v) is 7.96. The molecule has 5 heteroatoms. The summed E-state index contributed by atoms with van der Waals surface area (Å²) in [4.78, 5) is 9.29. The summed E-state index contributed by atoms with van der Waals surface area (Å²) in [5, 5.41) is 3.69. The zero-order valence-electron chi connectivity index (χ0n) is 29.5. The average Bonchev–Trinajstić information content (AvgIpc) is 3.48. The Hall–Kier alpha value is -4.15. The number of hydrogen-bond acceptors (Lipinski definition) is 3. The van der Waals surface area contributed by atoms with E-state index in [0.29, 0.717) is 11.8 Å². The molecule has 0 atom stereocenters. The van der Waals surface area contributed by atoms with E-state index in [1.165, 1.54) is 16.3 Å². The molecule has 0 amide bonds. The second-order valence-corrected chi connectivity index (χ2v) is 19.3. The fraction of sp³-hybridized carbons (Fsp3) is 0.227. The van der Waals surface area contributed by atoms with Crippen LogP contribution in [0.25, 0.3) is 55.6 Å². The zero-order valence-corrected chi connectivity index (χ0v) is 32.9. The van der Waals surface area contributed by atoms with E-state index in [1.807, 2.05) is 36.5 Å². The fourth-order valence-electron chi connectivity index (χ4n) is 6.28. The van der Waals surface area contributed by atoms with Gasteiger partial charge in [0.1, 0.15) is 5.58 Å². The first-order valence-electron chi connectivity index (χ1n) is 16.9. The summed E-state index contributed by atoms with van der Waals surface area (Å²) in [5.41, 5.74) is 10.7. The number of benzene rings is 4. The molecular weight excluding hydrogens is 793 g/mol. The van der Waals surface area contributed by atoms with Crippen molar-refractivity contribution >= 4 is 35.2 Å². The van der Waals surface area contributed by atoms with Gasteiger partial charge in [-0.3, -0.25) is 0 Å². The van der Waals surface area contributed by atoms with Crippen molar-refractivity contribution in [1.82, 2.24) is 9.97 Å². The Bertz CT molecular complexity index is 2150. The second kappa shape index (κ2) is 15.6. The predicted molar refractivity (Wildman–Crippen MR) is 205 cm³/mol. The monoisotopic (exact) mass is 837 g/mol. The predicted octanol–water partition coefficient (Wildman–Crippen LogP) is 11.5. The van der Waals surface area contributed by atoms with E-state index in [1.54, 1.807) is 0 Å². The third-order valence-corrected chi connectivity index (χ3v) is 10.7. The van der Waals surface area contributed by atoms with Gasteiger partial charge >= 0.3 is 0 Å². The van der Waals surface area contributed by atoms with Crippen molar-refractivity contribution < 1.29 is 24.5 Å². The van der Waals surface area contributed by atoms with Crippen LogP contribution in [0.5, 0.6) is 0 Å². The summed E-state index contributed by atoms with van der Waals surface area (Å²) in [6.45, 7) is 16.1. The molecule has 3 aromatic heterocycles. The van der Waals surface area contributed by atoms with Crippen molar-refractivity contribution in [2.75, 3.05) is 0 Å². The molecule has 4 aromatic carbocycles. The molecule has 3 nitrogen and oxygen atoms in total. The van der Waals surface area contributed by atoms with E-state index in [9.17, 15) is 0 Å². The number of rotatable bonds is 7. The van der Waals surface area contributed by atoms with E-state index < -0.39 is 8.07 Å². The Morgan fingerprint density at radius 1 is 0.714 bits per heavy atom. The molecule has 0 bridgehead atoms. The third-order valence-electron chi connectivity index (χ3n) is 8.62. The molecule has 0 spiro atoms. The minimum atomic E-state index is -1.34. The first-order valence-corrected chi connectivity index (χ1v) is 20.4. The van der Waals surface area contributed by atoms with Crippen LogP contribution in [0.2, 0.25) is 19.6 Å². The van der Waals surface area contributed by atoms with Crippen LogP contribution in [0.4, 0.5) is 0 Å². The van der Waals surface area contributed by atoms with E-state index in [-0.39, 0.29) is 20.1 Å². The second-order valence-electron chi connectivity index (χ2n) is 14.2. The van der Waals surface area contributed by atoms with Crippen molar-refractivity contribution in [1.29, 1.82) is 0 Å². The number of fused-ring (bicyclic) bond motifs is 3. The molecule has 0 N–H and O–H groups in total. The summed E-state index contributed by atoms with van der Waals surface area (Å²) in [6, 6.07) is 41.9. The number of aromatic nitrogens is 2. The molecule has 1 radical (unpaired) electrons. The standard InChI is InChI=1S/C27H22NO.C17H22NSi.Ir/c1-18(2)16-19-14-15-28-25(17-19)24-13-7-12-23-22-11-6-10-21(26(22)29-27(23)24)20-8-4-3-5-9-20;1-13(2)15-11-16(14-9-7-6-8-10-14)18-12-17(15)19(3,4)5;/h3-12,14-15,17-18H,16H2,1-2H3;6-9,11-13H,1-5H3;/q2*-1;. The molecule has 0 saturated heterocycles. The van der Waals surface area contributed by atoms with Crippen LogP contribution >= 0.6 is 0 Å². The van der Waals surface area contributed by atoms with Crippen LogP contribution in [0, 0.1) is 18.1 Å². The Balaban J connectivity index is 0.000000205. The minimum absolute atomic E-state index is 0. The Labute approximate surface area is 306 Å². The summed E-state index contributed by atoms with van der Waals surface area (Å²) in [5.74, 6) is 1.14. The molecule has 251 valence electrons. The van der Waals surface area contributed by atoms with Gasteiger partial charge in [0, 0.05) is 43.4 Å². The van der Waals surface area contributed by atoms with Crippen LogP contribution in [0.15, 0.2) is 120 Å². The van der Waals surface area contributed by atoms with Crippen LogP contribution in [0.3, 0.4) is 0 Å². The van der Waals surface area contributed by atoms with Crippen LogP contribution in [0.1, 0.15) is 44.7 Å². The normalized spacial score (nSPS) is 11.4. The molecule has 0 aliphatic carbocycles. The van der Waals surface area contributed by atoms with Crippen molar-refractivity contribution in [2.24, 2.45) is 5.92 Å². The molecule has 0 aliphatic heterocycles. The average molecular weight is 837 g/mol. The Morgan fingerprint density at radius 2 is 1.47 bits per heavy atom. The quantitative estimate of drug-likeness (QED) is 0.119. The van der Waals surface area contributed by atoms with Crippen LogP contribution < -0.4 is 5.19 Å². The smallest absolute Gasteiger partial charge is 0.128 e. The van der Waals surface area contributed by atoms with Crippen molar-refractivity contribution in [3.05, 3.63) is 139 Å². The SMILES string of the molecule is CC(C)Cc1ccnc(-c2[c-]ccc3c2oc2c(-c4ccccc4)cccc23)c1.CC(C)c1cc(-c2[c-]cccc2)ncc1[Si](C)(C)C.[Ir]. The summed E-state index contributed by atoms with van der Waals surface area (Å²) in [7, 11) is -1.34. The van der Waals surface area contributed by atoms with E-state index >= 15 is 0 Å². The summed E-state index contributed by atoms with van der Waals surface area (Å²) < 4.78 is 6.47. The molecule has 0 unspecified atom stereocenters.